The van der Waals surface area contributed by atoms with Crippen LogP contribution >= 0.6 is 18.9 Å². The van der Waals surface area contributed by atoms with E-state index in [1.807, 2.05) is 91.0 Å². The molecule has 0 aromatic heterocycles. The molecule has 0 bridgehead atoms. The third-order valence-corrected chi connectivity index (χ3v) is 8.39. The van der Waals surface area contributed by atoms with E-state index in [0.29, 0.717) is 5.02 Å². The number of rotatable bonds is 8. The number of aryl methyl sites for hydroxylation is 1. The lowest BCUT2D eigenvalue weighted by Gasteiger charge is -2.27. The van der Waals surface area contributed by atoms with Gasteiger partial charge in [0.25, 0.3) is 0 Å². The van der Waals surface area contributed by atoms with Crippen LogP contribution in [0.1, 0.15) is 23.6 Å². The summed E-state index contributed by atoms with van der Waals surface area (Å²) in [6.07, 6.45) is 1.69. The molecule has 4 aromatic carbocycles. The third kappa shape index (κ3) is 5.35. The Morgan fingerprint density at radius 3 is 1.68 bits per heavy atom. The number of nitrogens with one attached hydrogen (secondary N) is 1. The van der Waals surface area contributed by atoms with Gasteiger partial charge >= 0.3 is 0 Å². The van der Waals surface area contributed by atoms with Crippen molar-refractivity contribution in [2.24, 2.45) is 0 Å². The van der Waals surface area contributed by atoms with E-state index in [1.54, 1.807) is 0 Å². The molecule has 2 nitrogen and oxygen atoms in total. The fourth-order valence-electron chi connectivity index (χ4n) is 3.75. The quantitative estimate of drug-likeness (QED) is 0.312. The summed E-state index contributed by atoms with van der Waals surface area (Å²) in [7, 11) is -3.06. The predicted molar refractivity (Wildman–Crippen MR) is 132 cm³/mol. The van der Waals surface area contributed by atoms with Gasteiger partial charge in [0.15, 0.2) is 0 Å². The molecule has 0 aliphatic heterocycles. The average Bonchev–Trinajstić information content (AvgIpc) is 2.84. The van der Waals surface area contributed by atoms with Gasteiger partial charge in [-0.2, -0.15) is 0 Å². The summed E-state index contributed by atoms with van der Waals surface area (Å²) in [6, 6.07) is 37.5. The van der Waals surface area contributed by atoms with E-state index in [4.69, 9.17) is 11.6 Å². The van der Waals surface area contributed by atoms with E-state index in [-0.39, 0.29) is 6.04 Å². The molecule has 0 radical (unpaired) electrons. The molecule has 4 aromatic rings. The van der Waals surface area contributed by atoms with Gasteiger partial charge in [0, 0.05) is 21.7 Å². The Morgan fingerprint density at radius 1 is 0.677 bits per heavy atom. The number of hydrogen-bond acceptors (Lipinski definition) is 1. The van der Waals surface area contributed by atoms with Crippen molar-refractivity contribution in [3.63, 3.8) is 0 Å². The van der Waals surface area contributed by atoms with Gasteiger partial charge in [0.05, 0.1) is 0 Å². The fraction of sp³-hybridized carbons (Fsp3) is 0.111. The van der Waals surface area contributed by atoms with Crippen LogP contribution in [0.25, 0.3) is 0 Å². The van der Waals surface area contributed by atoms with Gasteiger partial charge in [-0.1, -0.05) is 90.5 Å². The number of hydrogen-bond donors (Lipinski definition) is 1. The standard InChI is InChI=1S/C27H25ClNOP/c28-24-19-17-23(18-20-24)27(21-16-22-10-4-1-5-11-22)29-31(30,25-12-6-2-7-13-25)26-14-8-3-9-15-26/h1-15,17-20,27H,16,21H2,(H,29,30). The molecular formula is C27H25ClNOP. The Bertz CT molecular complexity index is 1090. The van der Waals surface area contributed by atoms with Gasteiger partial charge in [-0.25, -0.2) is 0 Å². The fourth-order valence-corrected chi connectivity index (χ4v) is 6.37. The Balaban J connectivity index is 1.71. The lowest BCUT2D eigenvalue weighted by atomic mass is 10.00. The summed E-state index contributed by atoms with van der Waals surface area (Å²) in [5.74, 6) is 0. The molecule has 4 heteroatoms. The van der Waals surface area contributed by atoms with E-state index < -0.39 is 7.29 Å². The van der Waals surface area contributed by atoms with Gasteiger partial charge in [-0.3, -0.25) is 9.65 Å². The smallest absolute Gasteiger partial charge is 0.205 e. The van der Waals surface area contributed by atoms with E-state index in [1.165, 1.54) is 5.56 Å². The van der Waals surface area contributed by atoms with Crippen LogP contribution < -0.4 is 15.7 Å². The lowest BCUT2D eigenvalue weighted by molar-refractivity contribution is 0.546. The van der Waals surface area contributed by atoms with E-state index >= 15 is 0 Å². The SMILES string of the molecule is O=P(NC(CCc1ccccc1)c1ccc(Cl)cc1)(c1ccccc1)c1ccccc1. The van der Waals surface area contributed by atoms with Gasteiger partial charge in [0.1, 0.15) is 0 Å². The zero-order chi connectivity index (χ0) is 21.5. The molecular weight excluding hydrogens is 421 g/mol. The third-order valence-electron chi connectivity index (χ3n) is 5.41. The summed E-state index contributed by atoms with van der Waals surface area (Å²) in [4.78, 5) is 0. The van der Waals surface area contributed by atoms with Crippen molar-refractivity contribution in [1.29, 1.82) is 0 Å². The van der Waals surface area contributed by atoms with Crippen LogP contribution in [0.4, 0.5) is 0 Å². The molecule has 31 heavy (non-hydrogen) atoms. The number of halogens is 1. The minimum atomic E-state index is -3.06. The molecule has 1 N–H and O–H groups in total. The zero-order valence-corrected chi connectivity index (χ0v) is 18.8. The minimum absolute atomic E-state index is 0.0938. The van der Waals surface area contributed by atoms with Crippen LogP contribution in [0, 0.1) is 0 Å². The van der Waals surface area contributed by atoms with E-state index in [0.717, 1.165) is 29.0 Å². The summed E-state index contributed by atoms with van der Waals surface area (Å²) >= 11 is 6.14. The molecule has 0 saturated heterocycles. The Morgan fingerprint density at radius 2 is 1.16 bits per heavy atom. The summed E-state index contributed by atoms with van der Waals surface area (Å²) < 4.78 is 14.5. The van der Waals surface area contributed by atoms with Crippen molar-refractivity contribution in [2.75, 3.05) is 0 Å². The summed E-state index contributed by atoms with van der Waals surface area (Å²) in [5, 5.41) is 5.89. The van der Waals surface area contributed by atoms with Gasteiger partial charge in [0.2, 0.25) is 7.29 Å². The first kappa shape index (κ1) is 21.6. The average molecular weight is 446 g/mol. The Labute approximate surface area is 189 Å². The Hall–Kier alpha value is -2.64. The van der Waals surface area contributed by atoms with Crippen LogP contribution in [0.5, 0.6) is 0 Å². The van der Waals surface area contributed by atoms with Crippen LogP contribution in [-0.4, -0.2) is 0 Å². The molecule has 1 atom stereocenters. The second-order valence-corrected chi connectivity index (χ2v) is 10.5. The zero-order valence-electron chi connectivity index (χ0n) is 17.2. The van der Waals surface area contributed by atoms with Crippen molar-refractivity contribution in [1.82, 2.24) is 5.09 Å². The van der Waals surface area contributed by atoms with Crippen LogP contribution in [0.3, 0.4) is 0 Å². The van der Waals surface area contributed by atoms with Gasteiger partial charge in [-0.15, -0.1) is 0 Å². The maximum atomic E-state index is 14.5. The predicted octanol–water partition coefficient (Wildman–Crippen LogP) is 6.53. The molecule has 0 spiro atoms. The molecule has 1 unspecified atom stereocenters. The van der Waals surface area contributed by atoms with E-state index in [2.05, 4.69) is 29.4 Å². The van der Waals surface area contributed by atoms with Gasteiger partial charge in [-0.05, 0) is 60.4 Å². The molecule has 0 saturated carbocycles. The highest BCUT2D eigenvalue weighted by atomic mass is 35.5. The first-order valence-electron chi connectivity index (χ1n) is 10.4. The highest BCUT2D eigenvalue weighted by Gasteiger charge is 2.30. The van der Waals surface area contributed by atoms with Crippen LogP contribution in [-0.2, 0) is 11.0 Å². The first-order valence-corrected chi connectivity index (χ1v) is 12.5. The monoisotopic (exact) mass is 445 g/mol. The molecule has 156 valence electrons. The van der Waals surface area contributed by atoms with Crippen molar-refractivity contribution >= 4 is 29.5 Å². The maximum absolute atomic E-state index is 14.5. The highest BCUT2D eigenvalue weighted by molar-refractivity contribution is 7.76. The molecule has 0 fully saturated rings. The van der Waals surface area contributed by atoms with Crippen molar-refractivity contribution in [3.8, 4) is 0 Å². The molecule has 0 aliphatic carbocycles. The van der Waals surface area contributed by atoms with E-state index in [9.17, 15) is 4.57 Å². The number of benzene rings is 4. The van der Waals surface area contributed by atoms with Crippen molar-refractivity contribution in [2.45, 2.75) is 18.9 Å². The lowest BCUT2D eigenvalue weighted by Crippen LogP contribution is -2.31. The molecule has 0 amide bonds. The topological polar surface area (TPSA) is 29.1 Å². The summed E-state index contributed by atoms with van der Waals surface area (Å²) in [5.41, 5.74) is 2.34. The summed E-state index contributed by atoms with van der Waals surface area (Å²) in [6.45, 7) is 0. The highest BCUT2D eigenvalue weighted by Crippen LogP contribution is 2.42. The van der Waals surface area contributed by atoms with Gasteiger partial charge < -0.3 is 0 Å². The second kappa shape index (κ2) is 10.1. The largest absolute Gasteiger partial charge is 0.297 e. The van der Waals surface area contributed by atoms with Crippen LogP contribution in [0.2, 0.25) is 5.02 Å². The first-order chi connectivity index (χ1) is 15.1. The maximum Gasteiger partial charge on any atom is 0.205 e. The minimum Gasteiger partial charge on any atom is -0.297 e. The molecule has 4 rings (SSSR count). The normalized spacial score (nSPS) is 12.4. The molecule has 0 heterocycles. The second-order valence-electron chi connectivity index (χ2n) is 7.54. The Kier molecular flexibility index (Phi) is 7.04. The van der Waals surface area contributed by atoms with Crippen molar-refractivity contribution < 1.29 is 4.57 Å². The molecule has 0 aliphatic rings. The van der Waals surface area contributed by atoms with Crippen LogP contribution in [0.15, 0.2) is 115 Å². The van der Waals surface area contributed by atoms with Crippen molar-refractivity contribution in [3.05, 3.63) is 131 Å².